The summed E-state index contributed by atoms with van der Waals surface area (Å²) in [5.74, 6) is 2.42. The van der Waals surface area contributed by atoms with Gasteiger partial charge in [0.25, 0.3) is 0 Å². The number of rotatable bonds is 2. The van der Waals surface area contributed by atoms with Gasteiger partial charge in [0.05, 0.1) is 6.10 Å². The average molecular weight is 96.1 g/mol. The van der Waals surface area contributed by atoms with Crippen LogP contribution in [-0.2, 0) is 4.74 Å². The summed E-state index contributed by atoms with van der Waals surface area (Å²) in [4.78, 5) is 0. The Labute approximate surface area is 43.7 Å². The van der Waals surface area contributed by atoms with Crippen LogP contribution in [-0.4, -0.2) is 12.7 Å². The smallest absolute Gasteiger partial charge is 0.107 e. The van der Waals surface area contributed by atoms with Gasteiger partial charge in [0, 0.05) is 0 Å². The molecule has 0 spiro atoms. The Morgan fingerprint density at radius 2 is 2.43 bits per heavy atom. The third-order valence-corrected chi connectivity index (χ3v) is 0.927. The summed E-state index contributed by atoms with van der Waals surface area (Å²) in [6.45, 7) is 0.491. The van der Waals surface area contributed by atoms with Gasteiger partial charge in [0.15, 0.2) is 0 Å². The molecule has 1 heteroatoms. The van der Waals surface area contributed by atoms with Crippen molar-refractivity contribution in [2.24, 2.45) is 0 Å². The Bertz CT molecular complexity index is 86.8. The first-order valence-electron chi connectivity index (χ1n) is 2.48. The third kappa shape index (κ3) is 1.61. The zero-order valence-electron chi connectivity index (χ0n) is 4.18. The van der Waals surface area contributed by atoms with Gasteiger partial charge in [0.2, 0.25) is 0 Å². The lowest BCUT2D eigenvalue weighted by Gasteiger charge is -1.89. The highest BCUT2D eigenvalue weighted by molar-refractivity contribution is 4.85. The highest BCUT2D eigenvalue weighted by atomic mass is 16.5. The van der Waals surface area contributed by atoms with Crippen molar-refractivity contribution in [3.05, 3.63) is 0 Å². The van der Waals surface area contributed by atoms with Gasteiger partial charge in [0.1, 0.15) is 6.61 Å². The lowest BCUT2D eigenvalue weighted by atomic mass is 10.7. The number of hydrogen-bond donors (Lipinski definition) is 0. The van der Waals surface area contributed by atoms with Crippen molar-refractivity contribution >= 4 is 0 Å². The van der Waals surface area contributed by atoms with E-state index in [1.807, 2.05) is 0 Å². The highest BCUT2D eigenvalue weighted by Crippen LogP contribution is 2.22. The van der Waals surface area contributed by atoms with E-state index in [1.54, 1.807) is 0 Å². The van der Waals surface area contributed by atoms with Gasteiger partial charge in [-0.05, 0) is 12.8 Å². The maximum Gasteiger partial charge on any atom is 0.107 e. The molecule has 1 saturated carbocycles. The molecule has 7 heavy (non-hydrogen) atoms. The van der Waals surface area contributed by atoms with Crippen molar-refractivity contribution in [2.45, 2.75) is 18.9 Å². The molecule has 0 unspecified atom stereocenters. The van der Waals surface area contributed by atoms with E-state index in [0.717, 1.165) is 0 Å². The van der Waals surface area contributed by atoms with Crippen LogP contribution in [0.15, 0.2) is 0 Å². The van der Waals surface area contributed by atoms with Crippen LogP contribution in [0, 0.1) is 12.3 Å². The van der Waals surface area contributed by atoms with E-state index in [9.17, 15) is 0 Å². The predicted molar refractivity (Wildman–Crippen MR) is 27.8 cm³/mol. The molecule has 1 nitrogen and oxygen atoms in total. The van der Waals surface area contributed by atoms with E-state index >= 15 is 0 Å². The Kier molecular flexibility index (Phi) is 1.33. The van der Waals surface area contributed by atoms with Crippen LogP contribution in [0.4, 0.5) is 0 Å². The SMILES string of the molecule is C#CCOC1CC1. The van der Waals surface area contributed by atoms with Crippen molar-refractivity contribution < 1.29 is 4.74 Å². The fourth-order valence-electron chi connectivity index (χ4n) is 0.401. The molecule has 0 aromatic carbocycles. The van der Waals surface area contributed by atoms with Gasteiger partial charge in [-0.1, -0.05) is 5.92 Å². The van der Waals surface area contributed by atoms with Crippen LogP contribution < -0.4 is 0 Å². The third-order valence-electron chi connectivity index (χ3n) is 0.927. The summed E-state index contributed by atoms with van der Waals surface area (Å²) in [5, 5.41) is 0. The van der Waals surface area contributed by atoms with E-state index in [1.165, 1.54) is 12.8 Å². The second-order valence-electron chi connectivity index (χ2n) is 1.71. The van der Waals surface area contributed by atoms with Crippen LogP contribution in [0.25, 0.3) is 0 Å². The molecule has 0 bridgehead atoms. The molecule has 0 aromatic heterocycles. The van der Waals surface area contributed by atoms with Crippen LogP contribution in [0.2, 0.25) is 0 Å². The first kappa shape index (κ1) is 4.67. The van der Waals surface area contributed by atoms with Gasteiger partial charge in [-0.3, -0.25) is 0 Å². The molecule has 0 aliphatic heterocycles. The molecule has 0 atom stereocenters. The number of hydrogen-bond acceptors (Lipinski definition) is 1. The number of ether oxygens (including phenoxy) is 1. The molecule has 1 fully saturated rings. The summed E-state index contributed by atoms with van der Waals surface area (Å²) in [6.07, 6.45) is 7.86. The van der Waals surface area contributed by atoms with E-state index in [4.69, 9.17) is 11.2 Å². The summed E-state index contributed by atoms with van der Waals surface area (Å²) < 4.78 is 5.07. The van der Waals surface area contributed by atoms with E-state index < -0.39 is 0 Å². The van der Waals surface area contributed by atoms with Gasteiger partial charge in [-0.25, -0.2) is 0 Å². The summed E-state index contributed by atoms with van der Waals surface area (Å²) in [6, 6.07) is 0. The van der Waals surface area contributed by atoms with Gasteiger partial charge in [-0.2, -0.15) is 0 Å². The Balaban J connectivity index is 1.91. The highest BCUT2D eigenvalue weighted by Gasteiger charge is 2.20. The van der Waals surface area contributed by atoms with Crippen LogP contribution in [0.5, 0.6) is 0 Å². The zero-order chi connectivity index (χ0) is 5.11. The molecule has 1 rings (SSSR count). The lowest BCUT2D eigenvalue weighted by Crippen LogP contribution is -1.91. The molecule has 38 valence electrons. The maximum atomic E-state index is 5.07. The lowest BCUT2D eigenvalue weighted by molar-refractivity contribution is 0.152. The topological polar surface area (TPSA) is 9.23 Å². The van der Waals surface area contributed by atoms with Crippen molar-refractivity contribution in [1.29, 1.82) is 0 Å². The van der Waals surface area contributed by atoms with E-state index in [0.29, 0.717) is 12.7 Å². The molecule has 1 aliphatic carbocycles. The standard InChI is InChI=1S/C6H8O/c1-2-5-7-6-3-4-6/h1,6H,3-5H2. The van der Waals surface area contributed by atoms with Gasteiger partial charge >= 0.3 is 0 Å². The Morgan fingerprint density at radius 1 is 1.71 bits per heavy atom. The van der Waals surface area contributed by atoms with E-state index in [2.05, 4.69) is 5.92 Å². The molecular formula is C6H8O. The minimum atomic E-state index is 0.491. The summed E-state index contributed by atoms with van der Waals surface area (Å²) in [7, 11) is 0. The minimum Gasteiger partial charge on any atom is -0.366 e. The molecular weight excluding hydrogens is 88.1 g/mol. The quantitative estimate of drug-likeness (QED) is 0.462. The van der Waals surface area contributed by atoms with Crippen LogP contribution >= 0.6 is 0 Å². The molecule has 0 heterocycles. The first-order chi connectivity index (χ1) is 3.43. The Hall–Kier alpha value is -0.480. The monoisotopic (exact) mass is 96.1 g/mol. The average Bonchev–Trinajstić information content (AvgIpc) is 2.42. The summed E-state index contributed by atoms with van der Waals surface area (Å²) >= 11 is 0. The maximum absolute atomic E-state index is 5.07. The van der Waals surface area contributed by atoms with Crippen molar-refractivity contribution in [3.63, 3.8) is 0 Å². The summed E-state index contributed by atoms with van der Waals surface area (Å²) in [5.41, 5.74) is 0. The minimum absolute atomic E-state index is 0.491. The van der Waals surface area contributed by atoms with Crippen molar-refractivity contribution in [3.8, 4) is 12.3 Å². The van der Waals surface area contributed by atoms with E-state index in [-0.39, 0.29) is 0 Å². The zero-order valence-corrected chi connectivity index (χ0v) is 4.18. The molecule has 0 saturated heterocycles. The molecule has 0 amide bonds. The van der Waals surface area contributed by atoms with Crippen LogP contribution in [0.3, 0.4) is 0 Å². The fourth-order valence-corrected chi connectivity index (χ4v) is 0.401. The van der Waals surface area contributed by atoms with Gasteiger partial charge in [-0.15, -0.1) is 6.42 Å². The number of terminal acetylenes is 1. The van der Waals surface area contributed by atoms with Crippen molar-refractivity contribution in [1.82, 2.24) is 0 Å². The molecule has 0 radical (unpaired) electrons. The second kappa shape index (κ2) is 1.99. The second-order valence-corrected chi connectivity index (χ2v) is 1.71. The molecule has 0 aromatic rings. The molecule has 0 N–H and O–H groups in total. The first-order valence-corrected chi connectivity index (χ1v) is 2.48. The fraction of sp³-hybridized carbons (Fsp3) is 0.667. The van der Waals surface area contributed by atoms with Crippen molar-refractivity contribution in [2.75, 3.05) is 6.61 Å². The van der Waals surface area contributed by atoms with Crippen LogP contribution in [0.1, 0.15) is 12.8 Å². The largest absolute Gasteiger partial charge is 0.366 e. The van der Waals surface area contributed by atoms with Gasteiger partial charge < -0.3 is 4.74 Å². The normalized spacial score (nSPS) is 18.7. The molecule has 1 aliphatic rings. The predicted octanol–water partition coefficient (Wildman–Crippen LogP) is 0.799. The Morgan fingerprint density at radius 3 is 2.86 bits per heavy atom.